The predicted molar refractivity (Wildman–Crippen MR) is 71.0 cm³/mol. The van der Waals surface area contributed by atoms with E-state index in [1.54, 1.807) is 0 Å². The van der Waals surface area contributed by atoms with Gasteiger partial charge in [-0.3, -0.25) is 4.79 Å². The number of hydrogen-bond acceptors (Lipinski definition) is 2. The Balaban J connectivity index is 1.91. The number of hydrogen-bond donors (Lipinski definition) is 0. The highest BCUT2D eigenvalue weighted by atomic mass is 16.1. The normalized spacial score (nSPS) is 25.7. The molecule has 1 saturated carbocycles. The highest BCUT2D eigenvalue weighted by Crippen LogP contribution is 2.44. The predicted octanol–water partition coefficient (Wildman–Crippen LogP) is 3.26. The van der Waals surface area contributed by atoms with E-state index in [4.69, 9.17) is 0 Å². The molecule has 2 nitrogen and oxygen atoms in total. The molecule has 1 heterocycles. The molecule has 0 aromatic rings. The molecule has 0 aromatic carbocycles. The molecule has 2 fully saturated rings. The van der Waals surface area contributed by atoms with Crippen LogP contribution in [0.2, 0.25) is 0 Å². The minimum absolute atomic E-state index is 0.464. The minimum Gasteiger partial charge on any atom is -0.302 e. The fraction of sp³-hybridized carbons (Fsp3) is 0.933. The van der Waals surface area contributed by atoms with Crippen molar-refractivity contribution >= 4 is 5.78 Å². The van der Waals surface area contributed by atoms with Gasteiger partial charge in [0.1, 0.15) is 5.78 Å². The maximum atomic E-state index is 11.3. The molecule has 2 aliphatic rings. The Kier molecular flexibility index (Phi) is 4.24. The van der Waals surface area contributed by atoms with Crippen molar-refractivity contribution in [1.29, 1.82) is 0 Å². The molecule has 1 aliphatic carbocycles. The summed E-state index contributed by atoms with van der Waals surface area (Å²) in [6.07, 6.45) is 8.61. The van der Waals surface area contributed by atoms with Crippen LogP contribution in [0.3, 0.4) is 0 Å². The van der Waals surface area contributed by atoms with Crippen LogP contribution in [0.4, 0.5) is 0 Å². The molecule has 0 spiro atoms. The maximum Gasteiger partial charge on any atom is 0.135 e. The number of carbonyl (C=O) groups is 1. The van der Waals surface area contributed by atoms with Crippen molar-refractivity contribution in [3.63, 3.8) is 0 Å². The summed E-state index contributed by atoms with van der Waals surface area (Å²) in [6, 6.07) is 0. The summed E-state index contributed by atoms with van der Waals surface area (Å²) in [7, 11) is 0. The van der Waals surface area contributed by atoms with E-state index in [9.17, 15) is 4.79 Å². The van der Waals surface area contributed by atoms with Crippen LogP contribution in [0, 0.1) is 11.3 Å². The zero-order valence-electron chi connectivity index (χ0n) is 11.5. The van der Waals surface area contributed by atoms with Gasteiger partial charge in [0.15, 0.2) is 0 Å². The van der Waals surface area contributed by atoms with Gasteiger partial charge in [0.2, 0.25) is 0 Å². The monoisotopic (exact) mass is 237 g/mol. The van der Waals surface area contributed by atoms with Gasteiger partial charge in [-0.1, -0.05) is 26.7 Å². The number of rotatable bonds is 4. The van der Waals surface area contributed by atoms with Crippen molar-refractivity contribution in [2.75, 3.05) is 19.6 Å². The second kappa shape index (κ2) is 5.51. The quantitative estimate of drug-likeness (QED) is 0.748. The van der Waals surface area contributed by atoms with Crippen LogP contribution in [-0.2, 0) is 4.79 Å². The first-order valence-electron chi connectivity index (χ1n) is 7.34. The molecule has 17 heavy (non-hydrogen) atoms. The van der Waals surface area contributed by atoms with Crippen molar-refractivity contribution in [3.8, 4) is 0 Å². The number of likely N-dealkylation sites (tertiary alicyclic amines) is 1. The zero-order chi connectivity index (χ0) is 12.3. The van der Waals surface area contributed by atoms with Gasteiger partial charge in [-0.25, -0.2) is 0 Å². The Bertz CT molecular complexity index is 256. The lowest BCUT2D eigenvalue weighted by atomic mass is 9.78. The number of ketones is 1. The third-order valence-corrected chi connectivity index (χ3v) is 4.48. The van der Waals surface area contributed by atoms with Crippen LogP contribution in [0.25, 0.3) is 0 Å². The van der Waals surface area contributed by atoms with E-state index in [-0.39, 0.29) is 0 Å². The van der Waals surface area contributed by atoms with Gasteiger partial charge in [0, 0.05) is 32.5 Å². The van der Waals surface area contributed by atoms with Crippen molar-refractivity contribution in [2.24, 2.45) is 11.3 Å². The molecule has 0 atom stereocenters. The molecule has 0 amide bonds. The Morgan fingerprint density at radius 1 is 1.18 bits per heavy atom. The molecule has 1 aliphatic heterocycles. The van der Waals surface area contributed by atoms with Crippen molar-refractivity contribution in [1.82, 2.24) is 4.90 Å². The molecular weight excluding hydrogens is 210 g/mol. The molecule has 98 valence electrons. The summed E-state index contributed by atoms with van der Waals surface area (Å²) >= 11 is 0. The van der Waals surface area contributed by atoms with E-state index < -0.39 is 0 Å². The summed E-state index contributed by atoms with van der Waals surface area (Å²) in [4.78, 5) is 13.8. The average Bonchev–Trinajstić information content (AvgIpc) is 2.69. The lowest BCUT2D eigenvalue weighted by Gasteiger charge is -2.38. The van der Waals surface area contributed by atoms with Gasteiger partial charge in [0.25, 0.3) is 0 Å². The van der Waals surface area contributed by atoms with E-state index >= 15 is 0 Å². The Hall–Kier alpha value is -0.370. The standard InChI is InChI=1S/C15H27NO/c1-13(2)11-15(7-3-4-8-15)12-16-9-5-14(17)6-10-16/h13H,3-12H2,1-2H3. The van der Waals surface area contributed by atoms with Crippen LogP contribution >= 0.6 is 0 Å². The molecular formula is C15H27NO. The molecule has 0 bridgehead atoms. The third kappa shape index (κ3) is 3.54. The van der Waals surface area contributed by atoms with Gasteiger partial charge in [-0.15, -0.1) is 0 Å². The first-order chi connectivity index (χ1) is 8.10. The van der Waals surface area contributed by atoms with Gasteiger partial charge in [0.05, 0.1) is 0 Å². The first-order valence-corrected chi connectivity index (χ1v) is 7.34. The smallest absolute Gasteiger partial charge is 0.135 e. The Morgan fingerprint density at radius 3 is 2.29 bits per heavy atom. The van der Waals surface area contributed by atoms with Crippen molar-refractivity contribution < 1.29 is 4.79 Å². The zero-order valence-corrected chi connectivity index (χ0v) is 11.5. The van der Waals surface area contributed by atoms with Gasteiger partial charge >= 0.3 is 0 Å². The van der Waals surface area contributed by atoms with E-state index in [0.29, 0.717) is 11.2 Å². The molecule has 2 rings (SSSR count). The number of piperidine rings is 1. The van der Waals surface area contributed by atoms with Gasteiger partial charge < -0.3 is 4.90 Å². The molecule has 2 heteroatoms. The van der Waals surface area contributed by atoms with Crippen LogP contribution in [0.1, 0.15) is 58.8 Å². The largest absolute Gasteiger partial charge is 0.302 e. The molecule has 1 saturated heterocycles. The van der Waals surface area contributed by atoms with Crippen LogP contribution in [0.5, 0.6) is 0 Å². The number of carbonyl (C=O) groups excluding carboxylic acids is 1. The lowest BCUT2D eigenvalue weighted by Crippen LogP contribution is -2.41. The lowest BCUT2D eigenvalue weighted by molar-refractivity contribution is -0.121. The summed E-state index contributed by atoms with van der Waals surface area (Å²) in [6.45, 7) is 7.97. The van der Waals surface area contributed by atoms with Crippen LogP contribution < -0.4 is 0 Å². The fourth-order valence-corrected chi connectivity index (χ4v) is 3.85. The average molecular weight is 237 g/mol. The van der Waals surface area contributed by atoms with E-state index in [2.05, 4.69) is 18.7 Å². The number of nitrogens with zero attached hydrogens (tertiary/aromatic N) is 1. The van der Waals surface area contributed by atoms with Crippen LogP contribution in [-0.4, -0.2) is 30.3 Å². The molecule has 0 radical (unpaired) electrons. The van der Waals surface area contributed by atoms with Gasteiger partial charge in [-0.05, 0) is 30.6 Å². The summed E-state index contributed by atoms with van der Waals surface area (Å²) in [5.74, 6) is 1.27. The van der Waals surface area contributed by atoms with Gasteiger partial charge in [-0.2, -0.15) is 0 Å². The van der Waals surface area contributed by atoms with E-state index in [1.807, 2.05) is 0 Å². The van der Waals surface area contributed by atoms with E-state index in [1.165, 1.54) is 38.6 Å². The highest BCUT2D eigenvalue weighted by Gasteiger charge is 2.36. The minimum atomic E-state index is 0.464. The summed E-state index contributed by atoms with van der Waals surface area (Å²) in [5.41, 5.74) is 0.578. The summed E-state index contributed by atoms with van der Waals surface area (Å²) < 4.78 is 0. The van der Waals surface area contributed by atoms with Crippen LogP contribution in [0.15, 0.2) is 0 Å². The highest BCUT2D eigenvalue weighted by molar-refractivity contribution is 5.79. The SMILES string of the molecule is CC(C)CC1(CN2CCC(=O)CC2)CCCC1. The topological polar surface area (TPSA) is 20.3 Å². The second-order valence-corrected chi connectivity index (χ2v) is 6.62. The molecule has 0 unspecified atom stereocenters. The summed E-state index contributed by atoms with van der Waals surface area (Å²) in [5, 5.41) is 0. The number of Topliss-reactive ketones (excluding diaryl/α,β-unsaturated/α-hetero) is 1. The molecule has 0 aromatic heterocycles. The van der Waals surface area contributed by atoms with Crippen molar-refractivity contribution in [2.45, 2.75) is 58.8 Å². The second-order valence-electron chi connectivity index (χ2n) is 6.62. The Labute approximate surface area is 106 Å². The van der Waals surface area contributed by atoms with Crippen molar-refractivity contribution in [3.05, 3.63) is 0 Å². The molecule has 0 N–H and O–H groups in total. The third-order valence-electron chi connectivity index (χ3n) is 4.48. The maximum absolute atomic E-state index is 11.3. The van der Waals surface area contributed by atoms with E-state index in [0.717, 1.165) is 31.8 Å². The Morgan fingerprint density at radius 2 is 1.76 bits per heavy atom. The fourth-order valence-electron chi connectivity index (χ4n) is 3.85. The first kappa shape index (κ1) is 13.1.